The molecule has 0 saturated heterocycles. The summed E-state index contributed by atoms with van der Waals surface area (Å²) < 4.78 is 22.6. The molecule has 3 aliphatic carbocycles. The summed E-state index contributed by atoms with van der Waals surface area (Å²) in [6, 6.07) is 11.6. The molecule has 5 aliphatic rings. The summed E-state index contributed by atoms with van der Waals surface area (Å²) in [5.74, 6) is 3.47. The third-order valence-electron chi connectivity index (χ3n) is 12.8. The van der Waals surface area contributed by atoms with E-state index in [0.717, 1.165) is 111 Å². The van der Waals surface area contributed by atoms with Crippen molar-refractivity contribution in [1.29, 1.82) is 0 Å². The zero-order valence-electron chi connectivity index (χ0n) is 33.4. The van der Waals surface area contributed by atoms with Gasteiger partial charge < -0.3 is 34.3 Å². The van der Waals surface area contributed by atoms with E-state index in [1.54, 1.807) is 27.4 Å². The largest absolute Gasteiger partial charge is 0.493 e. The number of aliphatic hydroxyl groups excluding tert-OH is 3. The molecule has 0 radical (unpaired) electrons. The molecule has 58 heavy (non-hydrogen) atoms. The Bertz CT molecular complexity index is 2000. The smallest absolute Gasteiger partial charge is 0.166 e. The third kappa shape index (κ3) is 8.48. The quantitative estimate of drug-likeness (QED) is 0.0842. The molecule has 2 unspecified atom stereocenters. The first kappa shape index (κ1) is 43.8. The van der Waals surface area contributed by atoms with Gasteiger partial charge in [-0.15, -0.1) is 0 Å². The summed E-state index contributed by atoms with van der Waals surface area (Å²) in [4.78, 5) is 27.9. The molecule has 8 rings (SSSR count). The van der Waals surface area contributed by atoms with Crippen LogP contribution in [0.3, 0.4) is 0 Å². The van der Waals surface area contributed by atoms with Crippen molar-refractivity contribution in [2.75, 3.05) is 39.7 Å². The van der Waals surface area contributed by atoms with Crippen molar-refractivity contribution in [1.82, 2.24) is 4.90 Å². The van der Waals surface area contributed by atoms with Crippen molar-refractivity contribution in [3.05, 3.63) is 93.1 Å². The van der Waals surface area contributed by atoms with E-state index in [0.29, 0.717) is 34.6 Å². The van der Waals surface area contributed by atoms with Gasteiger partial charge in [0.05, 0.1) is 46.1 Å². The lowest BCUT2D eigenvalue weighted by atomic mass is 9.69. The van der Waals surface area contributed by atoms with Crippen LogP contribution in [0.25, 0.3) is 0 Å². The van der Waals surface area contributed by atoms with Crippen molar-refractivity contribution in [2.45, 2.75) is 109 Å². The molecule has 0 aromatic heterocycles. The first-order valence-corrected chi connectivity index (χ1v) is 21.5. The fourth-order valence-electron chi connectivity index (χ4n) is 9.77. The number of aliphatic hydroxyl groups is 3. The number of nitrogens with zero attached hydrogens (tertiary/aromatic N) is 1. The Kier molecular flexibility index (Phi) is 14.4. The third-order valence-corrected chi connectivity index (χ3v) is 13.4. The Balaban J connectivity index is 0.000000240. The maximum atomic E-state index is 13.0. The van der Waals surface area contributed by atoms with Crippen molar-refractivity contribution in [3.8, 4) is 23.0 Å². The molecular weight excluding hydrogens is 802 g/mol. The number of hydrogen-bond donors (Lipinski definition) is 3. The number of ketones is 2. The van der Waals surface area contributed by atoms with Crippen LogP contribution in [0.15, 0.2) is 48.6 Å². The van der Waals surface area contributed by atoms with Gasteiger partial charge in [-0.1, -0.05) is 60.5 Å². The number of alkyl halides is 1. The lowest BCUT2D eigenvalue weighted by Gasteiger charge is -2.36. The Morgan fingerprint density at radius 2 is 1.43 bits per heavy atom. The minimum absolute atomic E-state index is 0. The minimum Gasteiger partial charge on any atom is -0.493 e. The number of carbonyl (C=O) groups excluding carboxylic acids is 2. The molecule has 3 aromatic rings. The number of carbonyl (C=O) groups is 2. The van der Waals surface area contributed by atoms with E-state index in [9.17, 15) is 24.9 Å². The van der Waals surface area contributed by atoms with Gasteiger partial charge in [0.15, 0.2) is 34.6 Å². The van der Waals surface area contributed by atoms with Crippen LogP contribution in [-0.4, -0.2) is 83.7 Å². The molecule has 5 atom stereocenters. The molecule has 0 bridgehead atoms. The zero-order valence-corrected chi connectivity index (χ0v) is 34.9. The number of ether oxygens (including phenoxy) is 4. The van der Waals surface area contributed by atoms with Gasteiger partial charge in [0.1, 0.15) is 6.10 Å². The predicted molar refractivity (Wildman–Crippen MR) is 228 cm³/mol. The van der Waals surface area contributed by atoms with Crippen LogP contribution in [0.2, 0.25) is 0 Å². The van der Waals surface area contributed by atoms with Crippen LogP contribution in [-0.2, 0) is 38.0 Å². The number of rotatable bonds is 14. The number of methoxy groups -OCH3 is 3. The average molecular weight is 863 g/mol. The summed E-state index contributed by atoms with van der Waals surface area (Å²) in [6.07, 6.45) is 12.6. The SMILES string of the molecule is C.COc1cc2c(cc1OC)C(=O)C(CCCCBr)C2.COc1ccc2c3c1O[C@H]1C[C@@H](O)C=C[C@@]31CCN(CCCCC1Cc3cc(CO)c(CO)cc3C1=O)C2. The maximum absolute atomic E-state index is 13.0. The van der Waals surface area contributed by atoms with Gasteiger partial charge in [0.2, 0.25) is 0 Å². The highest BCUT2D eigenvalue weighted by Crippen LogP contribution is 2.55. The van der Waals surface area contributed by atoms with Crippen LogP contribution >= 0.6 is 15.9 Å². The molecule has 11 heteroatoms. The number of Topliss-reactive ketones (excluding diaryl/α,β-unsaturated/α-hetero) is 2. The lowest BCUT2D eigenvalue weighted by Crippen LogP contribution is -2.43. The van der Waals surface area contributed by atoms with Crippen molar-refractivity contribution in [3.63, 3.8) is 0 Å². The van der Waals surface area contributed by atoms with E-state index in [1.165, 1.54) is 11.1 Å². The van der Waals surface area contributed by atoms with Gasteiger partial charge in [-0.05, 0) is 110 Å². The van der Waals surface area contributed by atoms with Crippen molar-refractivity contribution < 1.29 is 43.9 Å². The first-order chi connectivity index (χ1) is 27.7. The molecular formula is C47H60BrNO9. The standard InChI is InChI=1S/C31H37NO6.C15H19BrO3.CH4/c1-37-26-6-5-20-16-32(11-9-31-8-7-24(35)15-27(31)38-30(26)28(20)31)10-3-2-4-19-12-21-13-22(17-33)23(18-34)14-25(21)29(19)36;1-18-13-8-11-7-10(5-3-4-6-16)15(17)12(11)9-14(13)19-2;/h5-8,13-14,19,24,27,33-35H,2-4,9-12,15-18H2,1H3;8-10H,3-7H2,1-2H3;1H4/t19?,24-,27-,31-;;/m0../s1. The molecule has 3 aromatic carbocycles. The van der Waals surface area contributed by atoms with E-state index >= 15 is 0 Å². The van der Waals surface area contributed by atoms with E-state index in [2.05, 4.69) is 33.0 Å². The predicted octanol–water partition coefficient (Wildman–Crippen LogP) is 7.69. The Morgan fingerprint density at radius 1 is 0.810 bits per heavy atom. The van der Waals surface area contributed by atoms with Crippen molar-refractivity contribution in [2.24, 2.45) is 11.8 Å². The average Bonchev–Trinajstić information content (AvgIpc) is 3.80. The van der Waals surface area contributed by atoms with E-state index in [-0.39, 0.29) is 55.6 Å². The normalized spacial score (nSPS) is 23.7. The van der Waals surface area contributed by atoms with Gasteiger partial charge in [-0.2, -0.15) is 0 Å². The van der Waals surface area contributed by atoms with Crippen LogP contribution in [0.4, 0.5) is 0 Å². The summed E-state index contributed by atoms with van der Waals surface area (Å²) in [5.41, 5.74) is 7.23. The molecule has 2 heterocycles. The molecule has 2 aliphatic heterocycles. The highest BCUT2D eigenvalue weighted by atomic mass is 79.9. The summed E-state index contributed by atoms with van der Waals surface area (Å²) in [5, 5.41) is 30.5. The second kappa shape index (κ2) is 19.1. The van der Waals surface area contributed by atoms with Gasteiger partial charge in [0.25, 0.3) is 0 Å². The molecule has 10 nitrogen and oxygen atoms in total. The van der Waals surface area contributed by atoms with Crippen molar-refractivity contribution >= 4 is 27.5 Å². The maximum Gasteiger partial charge on any atom is 0.166 e. The summed E-state index contributed by atoms with van der Waals surface area (Å²) in [7, 11) is 4.89. The van der Waals surface area contributed by atoms with Gasteiger partial charge >= 0.3 is 0 Å². The molecule has 1 spiro atoms. The lowest BCUT2D eigenvalue weighted by molar-refractivity contribution is 0.0809. The van der Waals surface area contributed by atoms with Gasteiger partial charge in [0, 0.05) is 46.8 Å². The molecule has 0 saturated carbocycles. The van der Waals surface area contributed by atoms with Crippen LogP contribution in [0, 0.1) is 11.8 Å². The molecule has 314 valence electrons. The van der Waals surface area contributed by atoms with Gasteiger partial charge in [-0.3, -0.25) is 14.5 Å². The summed E-state index contributed by atoms with van der Waals surface area (Å²) in [6.45, 7) is 2.46. The van der Waals surface area contributed by atoms with Crippen LogP contribution in [0.1, 0.15) is 113 Å². The Labute approximate surface area is 351 Å². The second-order valence-electron chi connectivity index (χ2n) is 16.1. The Hall–Kier alpha value is -3.74. The first-order valence-electron chi connectivity index (χ1n) is 20.4. The van der Waals surface area contributed by atoms with Gasteiger partial charge in [-0.25, -0.2) is 0 Å². The molecule has 0 fully saturated rings. The number of benzene rings is 3. The van der Waals surface area contributed by atoms with E-state index < -0.39 is 6.10 Å². The molecule has 3 N–H and O–H groups in total. The van der Waals surface area contributed by atoms with Crippen LogP contribution < -0.4 is 18.9 Å². The zero-order chi connectivity index (χ0) is 40.3. The molecule has 0 amide bonds. The second-order valence-corrected chi connectivity index (χ2v) is 16.9. The van der Waals surface area contributed by atoms with Crippen LogP contribution in [0.5, 0.6) is 23.0 Å². The number of halogens is 1. The highest BCUT2D eigenvalue weighted by Gasteiger charge is 2.52. The number of hydrogen-bond acceptors (Lipinski definition) is 10. The van der Waals surface area contributed by atoms with E-state index in [1.807, 2.05) is 30.3 Å². The fraction of sp³-hybridized carbons (Fsp3) is 0.532. The van der Waals surface area contributed by atoms with E-state index in [4.69, 9.17) is 18.9 Å². The monoisotopic (exact) mass is 861 g/mol. The number of fused-ring (bicyclic) bond motifs is 2. The Morgan fingerprint density at radius 3 is 2.09 bits per heavy atom. The summed E-state index contributed by atoms with van der Waals surface area (Å²) >= 11 is 3.42. The topological polar surface area (TPSA) is 135 Å². The fourth-order valence-corrected chi connectivity index (χ4v) is 10.2. The highest BCUT2D eigenvalue weighted by molar-refractivity contribution is 9.09. The number of unbranched alkanes of at least 4 members (excludes halogenated alkanes) is 2. The minimum atomic E-state index is -0.483.